The zero-order valence-corrected chi connectivity index (χ0v) is 14.0. The van der Waals surface area contributed by atoms with Crippen molar-refractivity contribution in [2.75, 3.05) is 0 Å². The molecule has 0 saturated heterocycles. The third-order valence-corrected chi connectivity index (χ3v) is 4.91. The van der Waals surface area contributed by atoms with E-state index in [0.29, 0.717) is 0 Å². The summed E-state index contributed by atoms with van der Waals surface area (Å²) in [5.41, 5.74) is 2.09. The molecule has 0 heterocycles. The number of hydrogen-bond donors (Lipinski definition) is 2. The molecule has 0 atom stereocenters. The number of hydrogen-bond acceptors (Lipinski definition) is 3. The van der Waals surface area contributed by atoms with E-state index in [4.69, 9.17) is 0 Å². The molecule has 0 aliphatic heterocycles. The summed E-state index contributed by atoms with van der Waals surface area (Å²) >= 11 is 0. The molecule has 5 heteroatoms. The van der Waals surface area contributed by atoms with Gasteiger partial charge in [0.05, 0.1) is 4.90 Å². The Kier molecular flexibility index (Phi) is 4.31. The van der Waals surface area contributed by atoms with Gasteiger partial charge in [-0.3, -0.25) is 0 Å². The van der Waals surface area contributed by atoms with Gasteiger partial charge >= 0.3 is 0 Å². The van der Waals surface area contributed by atoms with Gasteiger partial charge in [-0.05, 0) is 68.7 Å². The minimum atomic E-state index is -3.52. The normalized spacial score (nSPS) is 12.4. The van der Waals surface area contributed by atoms with Gasteiger partial charge in [0, 0.05) is 5.54 Å². The van der Waals surface area contributed by atoms with Gasteiger partial charge < -0.3 is 5.11 Å². The van der Waals surface area contributed by atoms with E-state index in [-0.39, 0.29) is 10.6 Å². The van der Waals surface area contributed by atoms with E-state index in [1.165, 1.54) is 0 Å². The maximum absolute atomic E-state index is 12.3. The monoisotopic (exact) mass is 319 g/mol. The number of phenolic OH excluding ortho intramolecular Hbond substituents is 1. The summed E-state index contributed by atoms with van der Waals surface area (Å²) in [6, 6.07) is 12.0. The number of aromatic hydroxyl groups is 1. The van der Waals surface area contributed by atoms with E-state index >= 15 is 0 Å². The first-order chi connectivity index (χ1) is 10.1. The van der Waals surface area contributed by atoms with E-state index in [1.54, 1.807) is 57.2 Å². The molecule has 0 spiro atoms. The molecule has 0 saturated carbocycles. The number of nitrogens with one attached hydrogen (secondary N) is 1. The van der Waals surface area contributed by atoms with Crippen LogP contribution in [0.15, 0.2) is 47.4 Å². The Morgan fingerprint density at radius 2 is 1.50 bits per heavy atom. The van der Waals surface area contributed by atoms with Crippen molar-refractivity contribution < 1.29 is 13.5 Å². The molecule has 118 valence electrons. The Bertz CT molecular complexity index is 773. The predicted octanol–water partition coefficient (Wildman–Crippen LogP) is 3.44. The minimum absolute atomic E-state index is 0.238. The first-order valence-corrected chi connectivity index (χ1v) is 8.51. The fourth-order valence-corrected chi connectivity index (χ4v) is 3.54. The second kappa shape index (κ2) is 5.74. The molecular weight excluding hydrogens is 298 g/mol. The number of rotatable bonds is 3. The Labute approximate surface area is 131 Å². The topological polar surface area (TPSA) is 66.4 Å². The van der Waals surface area contributed by atoms with Gasteiger partial charge in [0.25, 0.3) is 0 Å². The summed E-state index contributed by atoms with van der Waals surface area (Å²) in [5, 5.41) is 9.56. The van der Waals surface area contributed by atoms with Crippen molar-refractivity contribution in [2.24, 2.45) is 0 Å². The maximum Gasteiger partial charge on any atom is 0.241 e. The van der Waals surface area contributed by atoms with Crippen LogP contribution in [0.2, 0.25) is 0 Å². The van der Waals surface area contributed by atoms with Crippen LogP contribution in [0.5, 0.6) is 5.75 Å². The highest BCUT2D eigenvalue weighted by molar-refractivity contribution is 7.89. The van der Waals surface area contributed by atoms with Gasteiger partial charge in [0.15, 0.2) is 0 Å². The zero-order chi connectivity index (χ0) is 16.5. The van der Waals surface area contributed by atoms with Crippen molar-refractivity contribution in [2.45, 2.75) is 38.1 Å². The molecule has 0 amide bonds. The maximum atomic E-state index is 12.3. The van der Waals surface area contributed by atoms with E-state index in [9.17, 15) is 13.5 Å². The smallest absolute Gasteiger partial charge is 0.241 e. The van der Waals surface area contributed by atoms with E-state index in [2.05, 4.69) is 4.72 Å². The SMILES string of the molecule is Cc1cc(-c2ccc(S(=O)(=O)NC(C)(C)C)cc2)ccc1O. The molecule has 2 N–H and O–H groups in total. The molecule has 0 fully saturated rings. The summed E-state index contributed by atoms with van der Waals surface area (Å²) in [4.78, 5) is 0.238. The fraction of sp³-hybridized carbons (Fsp3) is 0.294. The lowest BCUT2D eigenvalue weighted by Crippen LogP contribution is -2.40. The first-order valence-electron chi connectivity index (χ1n) is 7.02. The molecule has 2 aromatic carbocycles. The highest BCUT2D eigenvalue weighted by Gasteiger charge is 2.21. The van der Waals surface area contributed by atoms with Crippen molar-refractivity contribution in [1.82, 2.24) is 4.72 Å². The van der Waals surface area contributed by atoms with Crippen LogP contribution in [0.1, 0.15) is 26.3 Å². The molecule has 2 aromatic rings. The largest absolute Gasteiger partial charge is 0.508 e. The molecule has 0 bridgehead atoms. The molecule has 0 radical (unpaired) electrons. The summed E-state index contributed by atoms with van der Waals surface area (Å²) in [7, 11) is -3.52. The van der Waals surface area contributed by atoms with Gasteiger partial charge in [0.2, 0.25) is 10.0 Å². The lowest BCUT2D eigenvalue weighted by Gasteiger charge is -2.20. The summed E-state index contributed by atoms with van der Waals surface area (Å²) < 4.78 is 27.1. The number of aryl methyl sites for hydroxylation is 1. The van der Waals surface area contributed by atoms with Crippen LogP contribution in [0, 0.1) is 6.92 Å². The van der Waals surface area contributed by atoms with Crippen LogP contribution in [0.4, 0.5) is 0 Å². The quantitative estimate of drug-likeness (QED) is 0.910. The van der Waals surface area contributed by atoms with Crippen molar-refractivity contribution in [3.05, 3.63) is 48.0 Å². The summed E-state index contributed by atoms with van der Waals surface area (Å²) in [6.07, 6.45) is 0. The van der Waals surface area contributed by atoms with Crippen molar-refractivity contribution >= 4 is 10.0 Å². The minimum Gasteiger partial charge on any atom is -0.508 e. The van der Waals surface area contributed by atoms with E-state index < -0.39 is 15.6 Å². The standard InChI is InChI=1S/C17H21NO3S/c1-12-11-14(7-10-16(12)19)13-5-8-15(9-6-13)22(20,21)18-17(2,3)4/h5-11,18-19H,1-4H3. The molecular formula is C17H21NO3S. The van der Waals surface area contributed by atoms with E-state index in [1.807, 2.05) is 13.0 Å². The molecule has 2 rings (SSSR count). The number of benzene rings is 2. The summed E-state index contributed by atoms with van der Waals surface area (Å²) in [5.74, 6) is 0.248. The summed E-state index contributed by atoms with van der Waals surface area (Å²) in [6.45, 7) is 7.24. The number of sulfonamides is 1. The van der Waals surface area contributed by atoms with Gasteiger partial charge in [-0.15, -0.1) is 0 Å². The molecule has 4 nitrogen and oxygen atoms in total. The average molecular weight is 319 g/mol. The Hall–Kier alpha value is -1.85. The lowest BCUT2D eigenvalue weighted by molar-refractivity contribution is 0.471. The third kappa shape index (κ3) is 3.87. The Balaban J connectivity index is 2.32. The molecule has 22 heavy (non-hydrogen) atoms. The number of phenols is 1. The molecule has 0 aromatic heterocycles. The van der Waals surface area contributed by atoms with Gasteiger partial charge in [-0.25, -0.2) is 13.1 Å². The van der Waals surface area contributed by atoms with Gasteiger partial charge in [0.1, 0.15) is 5.75 Å². The van der Waals surface area contributed by atoms with Crippen molar-refractivity contribution in [1.29, 1.82) is 0 Å². The highest BCUT2D eigenvalue weighted by atomic mass is 32.2. The van der Waals surface area contributed by atoms with Gasteiger partial charge in [-0.2, -0.15) is 0 Å². The van der Waals surface area contributed by atoms with Crippen LogP contribution in [-0.4, -0.2) is 19.1 Å². The van der Waals surface area contributed by atoms with Crippen LogP contribution >= 0.6 is 0 Å². The van der Waals surface area contributed by atoms with Crippen LogP contribution in [-0.2, 0) is 10.0 Å². The second-order valence-electron chi connectivity index (χ2n) is 6.38. The second-order valence-corrected chi connectivity index (χ2v) is 8.06. The molecule has 0 unspecified atom stereocenters. The predicted molar refractivity (Wildman–Crippen MR) is 88.4 cm³/mol. The molecule has 0 aliphatic rings. The Morgan fingerprint density at radius 1 is 0.955 bits per heavy atom. The average Bonchev–Trinajstić information content (AvgIpc) is 2.39. The van der Waals surface area contributed by atoms with Crippen LogP contribution < -0.4 is 4.72 Å². The highest BCUT2D eigenvalue weighted by Crippen LogP contribution is 2.26. The van der Waals surface area contributed by atoms with Crippen molar-refractivity contribution in [3.8, 4) is 16.9 Å². The van der Waals surface area contributed by atoms with Gasteiger partial charge in [-0.1, -0.05) is 18.2 Å². The zero-order valence-electron chi connectivity index (χ0n) is 13.2. The van der Waals surface area contributed by atoms with Crippen molar-refractivity contribution in [3.63, 3.8) is 0 Å². The lowest BCUT2D eigenvalue weighted by atomic mass is 10.0. The molecule has 0 aliphatic carbocycles. The van der Waals surface area contributed by atoms with Crippen LogP contribution in [0.25, 0.3) is 11.1 Å². The fourth-order valence-electron chi connectivity index (χ4n) is 2.12. The Morgan fingerprint density at radius 3 is 2.00 bits per heavy atom. The first kappa shape index (κ1) is 16.5. The van der Waals surface area contributed by atoms with E-state index in [0.717, 1.165) is 16.7 Å². The third-order valence-electron chi connectivity index (χ3n) is 3.14. The van der Waals surface area contributed by atoms with Crippen LogP contribution in [0.3, 0.4) is 0 Å².